The van der Waals surface area contributed by atoms with Crippen LogP contribution in [0.15, 0.2) is 0 Å². The third kappa shape index (κ3) is 3.47. The minimum Gasteiger partial charge on any atom is -0.354 e. The van der Waals surface area contributed by atoms with Crippen molar-refractivity contribution in [2.24, 2.45) is 11.8 Å². The lowest BCUT2D eigenvalue weighted by molar-refractivity contribution is -0.123. The molecule has 18 heavy (non-hydrogen) atoms. The summed E-state index contributed by atoms with van der Waals surface area (Å²) in [6, 6.07) is 0. The van der Waals surface area contributed by atoms with Gasteiger partial charge in [0, 0.05) is 24.5 Å². The molecule has 1 N–H and O–H groups in total. The molecule has 1 saturated heterocycles. The second-order valence-corrected chi connectivity index (χ2v) is 6.67. The van der Waals surface area contributed by atoms with Crippen molar-refractivity contribution >= 4 is 5.91 Å². The van der Waals surface area contributed by atoms with Crippen molar-refractivity contribution in [3.05, 3.63) is 0 Å². The smallest absolute Gasteiger partial charge is 0.223 e. The molecule has 2 rings (SSSR count). The van der Waals surface area contributed by atoms with Gasteiger partial charge in [-0.1, -0.05) is 13.3 Å². The van der Waals surface area contributed by atoms with Crippen LogP contribution in [0.5, 0.6) is 0 Å². The van der Waals surface area contributed by atoms with Crippen molar-refractivity contribution in [1.29, 1.82) is 0 Å². The third-order valence-corrected chi connectivity index (χ3v) is 4.60. The maximum absolute atomic E-state index is 11.7. The van der Waals surface area contributed by atoms with Gasteiger partial charge in [0.2, 0.25) is 5.91 Å². The molecule has 2 aliphatic rings. The molecule has 1 aliphatic heterocycles. The van der Waals surface area contributed by atoms with Crippen molar-refractivity contribution in [3.8, 4) is 0 Å². The van der Waals surface area contributed by atoms with Gasteiger partial charge in [0.15, 0.2) is 0 Å². The Hall–Kier alpha value is -0.570. The second-order valence-electron chi connectivity index (χ2n) is 6.67. The summed E-state index contributed by atoms with van der Waals surface area (Å²) in [5, 5.41) is 3.13. The number of nitrogens with zero attached hydrogens (tertiary/aromatic N) is 1. The van der Waals surface area contributed by atoms with Crippen LogP contribution in [0.2, 0.25) is 0 Å². The molecule has 0 bridgehead atoms. The van der Waals surface area contributed by atoms with Gasteiger partial charge in [0.25, 0.3) is 0 Å². The molecule has 0 aromatic heterocycles. The molecular formula is C15H28N2O. The zero-order valence-electron chi connectivity index (χ0n) is 12.2. The van der Waals surface area contributed by atoms with E-state index in [9.17, 15) is 4.79 Å². The molecule has 0 spiro atoms. The molecule has 104 valence electrons. The highest BCUT2D eigenvalue weighted by Gasteiger charge is 2.34. The van der Waals surface area contributed by atoms with Gasteiger partial charge in [0.05, 0.1) is 0 Å². The molecule has 3 nitrogen and oxygen atoms in total. The molecule has 0 aromatic carbocycles. The fraction of sp³-hybridized carbons (Fsp3) is 0.933. The Kier molecular flexibility index (Phi) is 4.31. The number of carbonyl (C=O) groups excluding carboxylic acids is 1. The Morgan fingerprint density at radius 1 is 1.33 bits per heavy atom. The van der Waals surface area contributed by atoms with Gasteiger partial charge in [-0.25, -0.2) is 0 Å². The standard InChI is InChI=1S/C15H28N2O/c1-4-12-6-5-9-17(10-12)15(2,3)11-16-14(18)13-7-8-13/h12-13H,4-11H2,1-3H3,(H,16,18). The van der Waals surface area contributed by atoms with Gasteiger partial charge in [0.1, 0.15) is 0 Å². The molecule has 3 heteroatoms. The van der Waals surface area contributed by atoms with Crippen LogP contribution in [0.3, 0.4) is 0 Å². The molecule has 2 fully saturated rings. The number of carbonyl (C=O) groups is 1. The van der Waals surface area contributed by atoms with Crippen LogP contribution in [0.1, 0.15) is 52.9 Å². The maximum atomic E-state index is 11.7. The van der Waals surface area contributed by atoms with E-state index in [1.54, 1.807) is 0 Å². The fourth-order valence-electron chi connectivity index (χ4n) is 2.85. The molecule has 0 radical (unpaired) electrons. The van der Waals surface area contributed by atoms with Gasteiger partial charge in [-0.2, -0.15) is 0 Å². The Balaban J connectivity index is 1.82. The van der Waals surface area contributed by atoms with Gasteiger partial charge < -0.3 is 5.32 Å². The Bertz CT molecular complexity index is 297. The van der Waals surface area contributed by atoms with Crippen LogP contribution in [0, 0.1) is 11.8 Å². The molecular weight excluding hydrogens is 224 g/mol. The first-order valence-corrected chi connectivity index (χ1v) is 7.55. The van der Waals surface area contributed by atoms with E-state index in [1.165, 1.54) is 32.4 Å². The van der Waals surface area contributed by atoms with E-state index >= 15 is 0 Å². The molecule has 0 aromatic rings. The lowest BCUT2D eigenvalue weighted by atomic mass is 9.91. The predicted molar refractivity (Wildman–Crippen MR) is 74.4 cm³/mol. The first-order chi connectivity index (χ1) is 8.53. The molecule has 1 aliphatic carbocycles. The number of piperidine rings is 1. The average molecular weight is 252 g/mol. The van der Waals surface area contributed by atoms with Crippen molar-refractivity contribution in [2.45, 2.75) is 58.4 Å². The number of nitrogens with one attached hydrogen (secondary N) is 1. The largest absolute Gasteiger partial charge is 0.354 e. The van der Waals surface area contributed by atoms with Crippen molar-refractivity contribution < 1.29 is 4.79 Å². The van der Waals surface area contributed by atoms with E-state index in [4.69, 9.17) is 0 Å². The SMILES string of the molecule is CCC1CCCN(C(C)(C)CNC(=O)C2CC2)C1. The zero-order chi connectivity index (χ0) is 13.2. The summed E-state index contributed by atoms with van der Waals surface area (Å²) in [4.78, 5) is 14.3. The lowest BCUT2D eigenvalue weighted by Crippen LogP contribution is -2.55. The van der Waals surface area contributed by atoms with Crippen LogP contribution in [0.4, 0.5) is 0 Å². The Morgan fingerprint density at radius 3 is 2.67 bits per heavy atom. The topological polar surface area (TPSA) is 32.3 Å². The van der Waals surface area contributed by atoms with Gasteiger partial charge >= 0.3 is 0 Å². The first kappa shape index (κ1) is 13.9. The number of likely N-dealkylation sites (tertiary alicyclic amines) is 1. The van der Waals surface area contributed by atoms with Crippen LogP contribution in [-0.4, -0.2) is 36.0 Å². The zero-order valence-corrected chi connectivity index (χ0v) is 12.2. The number of hydrogen-bond donors (Lipinski definition) is 1. The van der Waals surface area contributed by atoms with E-state index in [-0.39, 0.29) is 11.4 Å². The fourth-order valence-corrected chi connectivity index (χ4v) is 2.85. The average Bonchev–Trinajstić information content (AvgIpc) is 3.20. The lowest BCUT2D eigenvalue weighted by Gasteiger charge is -2.43. The molecule has 1 heterocycles. The van der Waals surface area contributed by atoms with Gasteiger partial charge in [-0.05, 0) is 52.0 Å². The van der Waals surface area contributed by atoms with E-state index in [2.05, 4.69) is 31.0 Å². The summed E-state index contributed by atoms with van der Waals surface area (Å²) in [6.07, 6.45) is 6.14. The van der Waals surface area contributed by atoms with Crippen LogP contribution in [-0.2, 0) is 4.79 Å². The van der Waals surface area contributed by atoms with Crippen LogP contribution >= 0.6 is 0 Å². The van der Waals surface area contributed by atoms with Crippen molar-refractivity contribution in [2.75, 3.05) is 19.6 Å². The summed E-state index contributed by atoms with van der Waals surface area (Å²) in [5.74, 6) is 1.44. The van der Waals surface area contributed by atoms with Gasteiger partial charge in [-0.3, -0.25) is 9.69 Å². The van der Waals surface area contributed by atoms with Crippen molar-refractivity contribution in [3.63, 3.8) is 0 Å². The summed E-state index contributed by atoms with van der Waals surface area (Å²) < 4.78 is 0. The molecule has 1 unspecified atom stereocenters. The summed E-state index contributed by atoms with van der Waals surface area (Å²) >= 11 is 0. The molecule has 1 saturated carbocycles. The van der Waals surface area contributed by atoms with Crippen LogP contribution < -0.4 is 5.32 Å². The number of rotatable bonds is 5. The number of amides is 1. The summed E-state index contributed by atoms with van der Waals surface area (Å²) in [6.45, 7) is 9.98. The van der Waals surface area contributed by atoms with E-state index in [1.807, 2.05) is 0 Å². The Labute approximate surface area is 111 Å². The van der Waals surface area contributed by atoms with E-state index in [0.29, 0.717) is 5.92 Å². The third-order valence-electron chi connectivity index (χ3n) is 4.60. The maximum Gasteiger partial charge on any atom is 0.223 e. The highest BCUT2D eigenvalue weighted by Crippen LogP contribution is 2.29. The van der Waals surface area contributed by atoms with Gasteiger partial charge in [-0.15, -0.1) is 0 Å². The monoisotopic (exact) mass is 252 g/mol. The summed E-state index contributed by atoms with van der Waals surface area (Å²) in [5.41, 5.74) is 0.0956. The van der Waals surface area contributed by atoms with Crippen molar-refractivity contribution in [1.82, 2.24) is 10.2 Å². The molecule has 1 atom stereocenters. The summed E-state index contributed by atoms with van der Waals surface area (Å²) in [7, 11) is 0. The minimum atomic E-state index is 0.0956. The number of hydrogen-bond acceptors (Lipinski definition) is 2. The minimum absolute atomic E-state index is 0.0956. The predicted octanol–water partition coefficient (Wildman–Crippen LogP) is 2.41. The highest BCUT2D eigenvalue weighted by molar-refractivity contribution is 5.80. The van der Waals surface area contributed by atoms with E-state index < -0.39 is 0 Å². The second kappa shape index (κ2) is 5.60. The normalized spacial score (nSPS) is 26.1. The quantitative estimate of drug-likeness (QED) is 0.815. The van der Waals surface area contributed by atoms with E-state index in [0.717, 1.165) is 25.3 Å². The molecule has 1 amide bonds. The first-order valence-electron chi connectivity index (χ1n) is 7.55. The Morgan fingerprint density at radius 2 is 2.06 bits per heavy atom. The van der Waals surface area contributed by atoms with Crippen LogP contribution in [0.25, 0.3) is 0 Å². The highest BCUT2D eigenvalue weighted by atomic mass is 16.2.